The van der Waals surface area contributed by atoms with E-state index in [0.717, 1.165) is 11.4 Å². The molecule has 0 saturated carbocycles. The van der Waals surface area contributed by atoms with E-state index in [2.05, 4.69) is 20.3 Å². The molecule has 2 rings (SSSR count). The number of nitrogens with two attached hydrogens (primary N) is 1. The van der Waals surface area contributed by atoms with Gasteiger partial charge in [-0.15, -0.1) is 0 Å². The van der Waals surface area contributed by atoms with E-state index >= 15 is 0 Å². The summed E-state index contributed by atoms with van der Waals surface area (Å²) in [5.41, 5.74) is 6.60. The molecule has 0 aliphatic heterocycles. The van der Waals surface area contributed by atoms with Gasteiger partial charge in [-0.3, -0.25) is 4.98 Å². The number of rotatable bonds is 3. The van der Waals surface area contributed by atoms with Crippen LogP contribution < -0.4 is 11.1 Å². The highest BCUT2D eigenvalue weighted by Gasteiger charge is 1.95. The third-order valence-electron chi connectivity index (χ3n) is 1.90. The number of anilines is 2. The van der Waals surface area contributed by atoms with Crippen LogP contribution >= 0.6 is 0 Å². The van der Waals surface area contributed by atoms with Crippen LogP contribution in [0.3, 0.4) is 0 Å². The van der Waals surface area contributed by atoms with Gasteiger partial charge < -0.3 is 11.1 Å². The average Bonchev–Trinajstić information content (AvgIpc) is 2.28. The predicted molar refractivity (Wildman–Crippen MR) is 58.0 cm³/mol. The first-order valence-corrected chi connectivity index (χ1v) is 4.56. The van der Waals surface area contributed by atoms with Crippen LogP contribution in [-0.2, 0) is 6.54 Å². The third kappa shape index (κ3) is 2.63. The van der Waals surface area contributed by atoms with Crippen molar-refractivity contribution in [2.75, 3.05) is 11.1 Å². The first-order chi connectivity index (χ1) is 7.34. The van der Waals surface area contributed by atoms with Gasteiger partial charge in [0.05, 0.1) is 0 Å². The highest BCUT2D eigenvalue weighted by Crippen LogP contribution is 2.05. The van der Waals surface area contributed by atoms with Crippen LogP contribution in [0.2, 0.25) is 0 Å². The van der Waals surface area contributed by atoms with Crippen LogP contribution in [0.15, 0.2) is 36.8 Å². The maximum atomic E-state index is 5.46. The van der Waals surface area contributed by atoms with Gasteiger partial charge in [0.15, 0.2) is 0 Å². The summed E-state index contributed by atoms with van der Waals surface area (Å²) in [6.45, 7) is 0.693. The maximum Gasteiger partial charge on any atom is 0.221 e. The molecule has 5 nitrogen and oxygen atoms in total. The van der Waals surface area contributed by atoms with Gasteiger partial charge in [-0.1, -0.05) is 0 Å². The Morgan fingerprint density at radius 3 is 2.67 bits per heavy atom. The molecule has 3 N–H and O–H groups in total. The quantitative estimate of drug-likeness (QED) is 0.776. The Labute approximate surface area is 87.4 Å². The van der Waals surface area contributed by atoms with Crippen LogP contribution in [0.5, 0.6) is 0 Å². The van der Waals surface area contributed by atoms with Gasteiger partial charge in [-0.25, -0.2) is 4.98 Å². The van der Waals surface area contributed by atoms with Crippen LogP contribution in [-0.4, -0.2) is 15.0 Å². The molecule has 2 aromatic rings. The van der Waals surface area contributed by atoms with Crippen molar-refractivity contribution in [3.63, 3.8) is 0 Å². The Kier molecular flexibility index (Phi) is 2.73. The number of hydrogen-bond donors (Lipinski definition) is 2. The third-order valence-corrected chi connectivity index (χ3v) is 1.90. The topological polar surface area (TPSA) is 76.7 Å². The van der Waals surface area contributed by atoms with E-state index in [-0.39, 0.29) is 5.95 Å². The normalized spacial score (nSPS) is 9.87. The SMILES string of the molecule is Nc1nccc(NCc2ccncc2)n1. The number of aromatic nitrogens is 3. The Hall–Kier alpha value is -2.17. The molecule has 2 aromatic heterocycles. The van der Waals surface area contributed by atoms with Gasteiger partial charge in [0.1, 0.15) is 5.82 Å². The van der Waals surface area contributed by atoms with Crippen molar-refractivity contribution < 1.29 is 0 Å². The number of hydrogen-bond acceptors (Lipinski definition) is 5. The maximum absolute atomic E-state index is 5.46. The molecule has 2 heterocycles. The average molecular weight is 201 g/mol. The van der Waals surface area contributed by atoms with Crippen molar-refractivity contribution in [1.82, 2.24) is 15.0 Å². The van der Waals surface area contributed by atoms with Crippen LogP contribution in [0, 0.1) is 0 Å². The first-order valence-electron chi connectivity index (χ1n) is 4.56. The lowest BCUT2D eigenvalue weighted by molar-refractivity contribution is 1.08. The molecule has 0 aromatic carbocycles. The minimum absolute atomic E-state index is 0.273. The lowest BCUT2D eigenvalue weighted by atomic mass is 10.3. The smallest absolute Gasteiger partial charge is 0.221 e. The van der Waals surface area contributed by atoms with E-state index in [0.29, 0.717) is 6.54 Å². The fourth-order valence-corrected chi connectivity index (χ4v) is 1.17. The summed E-state index contributed by atoms with van der Waals surface area (Å²) in [5.74, 6) is 0.994. The van der Waals surface area contributed by atoms with Crippen molar-refractivity contribution in [3.8, 4) is 0 Å². The van der Waals surface area contributed by atoms with Crippen molar-refractivity contribution in [2.45, 2.75) is 6.54 Å². The molecular formula is C10H11N5. The summed E-state index contributed by atoms with van der Waals surface area (Å²) in [6, 6.07) is 5.66. The van der Waals surface area contributed by atoms with Gasteiger partial charge >= 0.3 is 0 Å². The number of nitrogen functional groups attached to an aromatic ring is 1. The van der Waals surface area contributed by atoms with Crippen LogP contribution in [0.1, 0.15) is 5.56 Å². The van der Waals surface area contributed by atoms with Gasteiger partial charge in [0.25, 0.3) is 0 Å². The molecule has 0 aliphatic rings. The van der Waals surface area contributed by atoms with Gasteiger partial charge in [-0.05, 0) is 23.8 Å². The Morgan fingerprint density at radius 1 is 1.13 bits per heavy atom. The molecule has 0 bridgehead atoms. The molecule has 0 unspecified atom stereocenters. The summed E-state index contributed by atoms with van der Waals surface area (Å²) in [6.07, 6.45) is 5.13. The molecule has 0 fully saturated rings. The van der Waals surface area contributed by atoms with Gasteiger partial charge in [0.2, 0.25) is 5.95 Å². The van der Waals surface area contributed by atoms with Crippen molar-refractivity contribution in [3.05, 3.63) is 42.4 Å². The van der Waals surface area contributed by atoms with E-state index in [9.17, 15) is 0 Å². The highest BCUT2D eigenvalue weighted by atomic mass is 15.1. The molecule has 76 valence electrons. The minimum atomic E-state index is 0.273. The molecule has 0 saturated heterocycles. The summed E-state index contributed by atoms with van der Waals surface area (Å²) < 4.78 is 0. The lowest BCUT2D eigenvalue weighted by Crippen LogP contribution is -2.03. The second kappa shape index (κ2) is 4.36. The molecule has 0 amide bonds. The summed E-state index contributed by atoms with van der Waals surface area (Å²) in [7, 11) is 0. The molecule has 0 atom stereocenters. The standard InChI is InChI=1S/C10H11N5/c11-10-13-6-3-9(15-10)14-7-8-1-4-12-5-2-8/h1-6H,7H2,(H3,11,13,14,15). The van der Waals surface area contributed by atoms with Crippen molar-refractivity contribution >= 4 is 11.8 Å². The van der Waals surface area contributed by atoms with E-state index in [1.54, 1.807) is 24.7 Å². The van der Waals surface area contributed by atoms with Crippen LogP contribution in [0.25, 0.3) is 0 Å². The second-order valence-corrected chi connectivity index (χ2v) is 3.01. The van der Waals surface area contributed by atoms with Gasteiger partial charge in [0, 0.05) is 25.1 Å². The van der Waals surface area contributed by atoms with E-state index in [1.807, 2.05) is 12.1 Å². The first kappa shape index (κ1) is 9.39. The zero-order valence-electron chi connectivity index (χ0n) is 8.09. The molecule has 0 spiro atoms. The number of pyridine rings is 1. The number of nitrogens with one attached hydrogen (secondary N) is 1. The molecular weight excluding hydrogens is 190 g/mol. The van der Waals surface area contributed by atoms with Crippen molar-refractivity contribution in [2.24, 2.45) is 0 Å². The summed E-state index contributed by atoms with van der Waals surface area (Å²) in [4.78, 5) is 11.8. The van der Waals surface area contributed by atoms with E-state index < -0.39 is 0 Å². The zero-order chi connectivity index (χ0) is 10.5. The zero-order valence-corrected chi connectivity index (χ0v) is 8.09. The van der Waals surface area contributed by atoms with E-state index in [1.165, 1.54) is 0 Å². The van der Waals surface area contributed by atoms with Gasteiger partial charge in [-0.2, -0.15) is 4.98 Å². The fraction of sp³-hybridized carbons (Fsp3) is 0.100. The Morgan fingerprint density at radius 2 is 1.93 bits per heavy atom. The molecule has 0 radical (unpaired) electrons. The van der Waals surface area contributed by atoms with E-state index in [4.69, 9.17) is 5.73 Å². The minimum Gasteiger partial charge on any atom is -0.368 e. The fourth-order valence-electron chi connectivity index (χ4n) is 1.17. The second-order valence-electron chi connectivity index (χ2n) is 3.01. The summed E-state index contributed by atoms with van der Waals surface area (Å²) >= 11 is 0. The monoisotopic (exact) mass is 201 g/mol. The van der Waals surface area contributed by atoms with Crippen LogP contribution in [0.4, 0.5) is 11.8 Å². The molecule has 15 heavy (non-hydrogen) atoms. The lowest BCUT2D eigenvalue weighted by Gasteiger charge is -2.04. The Balaban J connectivity index is 1.99. The molecule has 0 aliphatic carbocycles. The Bertz CT molecular complexity index is 429. The predicted octanol–water partition coefficient (Wildman–Crippen LogP) is 1.07. The number of nitrogens with zero attached hydrogens (tertiary/aromatic N) is 3. The van der Waals surface area contributed by atoms with Crippen molar-refractivity contribution in [1.29, 1.82) is 0 Å². The largest absolute Gasteiger partial charge is 0.368 e. The summed E-state index contributed by atoms with van der Waals surface area (Å²) in [5, 5.41) is 3.14. The molecule has 5 heteroatoms. The highest BCUT2D eigenvalue weighted by molar-refractivity contribution is 5.38.